The van der Waals surface area contributed by atoms with Gasteiger partial charge < -0.3 is 5.11 Å². The first kappa shape index (κ1) is 23.2. The third-order valence-electron chi connectivity index (χ3n) is 5.54. The van der Waals surface area contributed by atoms with Crippen LogP contribution in [0.2, 0.25) is 0 Å². The lowest BCUT2D eigenvalue weighted by molar-refractivity contribution is 0.282. The van der Waals surface area contributed by atoms with E-state index in [0.717, 1.165) is 25.5 Å². The number of aliphatic hydroxyl groups is 1. The molecule has 3 rings (SSSR count). The molecule has 0 saturated carbocycles. The van der Waals surface area contributed by atoms with Gasteiger partial charge in [0, 0.05) is 9.75 Å². The lowest BCUT2D eigenvalue weighted by atomic mass is 9.89. The van der Waals surface area contributed by atoms with E-state index in [1.165, 1.54) is 58.5 Å². The van der Waals surface area contributed by atoms with Crippen molar-refractivity contribution in [2.75, 3.05) is 0 Å². The summed E-state index contributed by atoms with van der Waals surface area (Å²) in [5.74, 6) is 0.787. The van der Waals surface area contributed by atoms with Gasteiger partial charge in [-0.25, -0.2) is 0 Å². The van der Waals surface area contributed by atoms with Gasteiger partial charge in [-0.05, 0) is 109 Å². The Morgan fingerprint density at radius 3 is 1.93 bits per heavy atom. The molecule has 0 aliphatic heterocycles. The Morgan fingerprint density at radius 1 is 0.862 bits per heavy atom. The van der Waals surface area contributed by atoms with Crippen molar-refractivity contribution in [3.8, 4) is 20.9 Å². The first-order valence-electron chi connectivity index (χ1n) is 10.3. The van der Waals surface area contributed by atoms with E-state index in [1.54, 1.807) is 22.7 Å². The number of hydrogen-bond donors (Lipinski definition) is 1. The maximum atomic E-state index is 10.1. The van der Waals surface area contributed by atoms with Gasteiger partial charge in [0.2, 0.25) is 0 Å². The summed E-state index contributed by atoms with van der Waals surface area (Å²) in [6.45, 7) is 4.65. The smallest absolute Gasteiger partial charge is 0.0705 e. The average molecular weight is 556 g/mol. The molecule has 5 heteroatoms. The van der Waals surface area contributed by atoms with Gasteiger partial charge in [0.05, 0.1) is 14.2 Å². The van der Waals surface area contributed by atoms with Crippen molar-refractivity contribution >= 4 is 54.5 Å². The van der Waals surface area contributed by atoms with Crippen molar-refractivity contribution in [1.29, 1.82) is 0 Å². The second kappa shape index (κ2) is 11.2. The highest BCUT2D eigenvalue weighted by atomic mass is 79.9. The predicted molar refractivity (Wildman–Crippen MR) is 136 cm³/mol. The molecule has 2 heterocycles. The lowest BCUT2D eigenvalue weighted by Crippen LogP contribution is -2.03. The number of hydrogen-bond acceptors (Lipinski definition) is 3. The van der Waals surface area contributed by atoms with Crippen LogP contribution in [0.25, 0.3) is 20.9 Å². The third-order valence-corrected chi connectivity index (χ3v) is 8.86. The summed E-state index contributed by atoms with van der Waals surface area (Å²) in [7, 11) is 0. The Morgan fingerprint density at radius 2 is 1.45 bits per heavy atom. The Labute approximate surface area is 199 Å². The summed E-state index contributed by atoms with van der Waals surface area (Å²) in [4.78, 5) is 2.47. The second-order valence-corrected chi connectivity index (χ2v) is 12.4. The fourth-order valence-corrected chi connectivity index (χ4v) is 6.68. The number of rotatable bonds is 10. The molecule has 1 unspecified atom stereocenters. The summed E-state index contributed by atoms with van der Waals surface area (Å²) in [5, 5.41) is 10.1. The topological polar surface area (TPSA) is 20.2 Å². The fourth-order valence-electron chi connectivity index (χ4n) is 3.81. The molecule has 3 aromatic rings. The Balaban J connectivity index is 2.00. The van der Waals surface area contributed by atoms with Gasteiger partial charge in [-0.15, -0.1) is 22.7 Å². The van der Waals surface area contributed by atoms with Crippen LogP contribution in [0.4, 0.5) is 0 Å². The molecule has 1 nitrogen and oxygen atoms in total. The summed E-state index contributed by atoms with van der Waals surface area (Å²) >= 11 is 10.7. The van der Waals surface area contributed by atoms with E-state index >= 15 is 0 Å². The predicted octanol–water partition coefficient (Wildman–Crippen LogP) is 9.31. The molecule has 0 spiro atoms. The largest absolute Gasteiger partial charge is 0.392 e. The molecule has 0 aliphatic carbocycles. The number of benzene rings is 1. The van der Waals surface area contributed by atoms with Crippen molar-refractivity contribution < 1.29 is 5.11 Å². The molecule has 1 atom stereocenters. The minimum absolute atomic E-state index is 0.0543. The minimum Gasteiger partial charge on any atom is -0.392 e. The van der Waals surface area contributed by atoms with Gasteiger partial charge in [-0.1, -0.05) is 39.5 Å². The van der Waals surface area contributed by atoms with Crippen LogP contribution in [0.1, 0.15) is 57.1 Å². The SMILES string of the molecule is CCCCC(CC)CCc1cc(-c2ccc(Br)s2)c(CO)cc1-c1ccc(Br)s1. The summed E-state index contributed by atoms with van der Waals surface area (Å²) in [5.41, 5.74) is 4.83. The standard InChI is InChI=1S/C24H28Br2OS2/c1-3-5-6-16(4-2)7-8-17-13-20(22-10-12-24(26)29-22)18(15-27)14-19(17)21-9-11-23(25)28-21/h9-14,16,27H,3-8,15H2,1-2H3. The third kappa shape index (κ3) is 6.04. The number of aryl methyl sites for hydroxylation is 1. The van der Waals surface area contributed by atoms with Gasteiger partial charge >= 0.3 is 0 Å². The number of aliphatic hydroxyl groups excluding tert-OH is 1. The first-order chi connectivity index (χ1) is 14.0. The van der Waals surface area contributed by atoms with Crippen LogP contribution in [0.5, 0.6) is 0 Å². The molecule has 29 heavy (non-hydrogen) atoms. The van der Waals surface area contributed by atoms with E-state index < -0.39 is 0 Å². The molecule has 2 aromatic heterocycles. The molecular weight excluding hydrogens is 528 g/mol. The number of thiophene rings is 2. The Bertz CT molecular complexity index is 929. The van der Waals surface area contributed by atoms with Gasteiger partial charge in [-0.2, -0.15) is 0 Å². The molecule has 0 bridgehead atoms. The zero-order chi connectivity index (χ0) is 20.8. The monoisotopic (exact) mass is 554 g/mol. The van der Waals surface area contributed by atoms with Crippen molar-refractivity contribution in [3.63, 3.8) is 0 Å². The van der Waals surface area contributed by atoms with Crippen molar-refractivity contribution in [1.82, 2.24) is 0 Å². The van der Waals surface area contributed by atoms with Gasteiger partial charge in [-0.3, -0.25) is 0 Å². The van der Waals surface area contributed by atoms with Crippen LogP contribution in [0, 0.1) is 5.92 Å². The van der Waals surface area contributed by atoms with Crippen molar-refractivity contribution in [3.05, 3.63) is 55.1 Å². The summed E-state index contributed by atoms with van der Waals surface area (Å²) in [6, 6.07) is 13.1. The van der Waals surface area contributed by atoms with Crippen molar-refractivity contribution in [2.24, 2.45) is 5.92 Å². The zero-order valence-corrected chi connectivity index (χ0v) is 21.8. The van der Waals surface area contributed by atoms with E-state index in [1.807, 2.05) is 0 Å². The minimum atomic E-state index is 0.0543. The van der Waals surface area contributed by atoms with E-state index in [2.05, 4.69) is 82.1 Å². The molecular formula is C24H28Br2OS2. The van der Waals surface area contributed by atoms with Crippen molar-refractivity contribution in [2.45, 2.75) is 59.0 Å². The van der Waals surface area contributed by atoms with Crippen LogP contribution >= 0.6 is 54.5 Å². The van der Waals surface area contributed by atoms with Crippen LogP contribution < -0.4 is 0 Å². The molecule has 1 N–H and O–H groups in total. The highest BCUT2D eigenvalue weighted by Gasteiger charge is 2.16. The molecule has 0 radical (unpaired) electrons. The van der Waals surface area contributed by atoms with E-state index in [0.29, 0.717) is 0 Å². The zero-order valence-electron chi connectivity index (χ0n) is 17.0. The van der Waals surface area contributed by atoms with Gasteiger partial charge in [0.1, 0.15) is 0 Å². The lowest BCUT2D eigenvalue weighted by Gasteiger charge is -2.18. The molecule has 0 amide bonds. The van der Waals surface area contributed by atoms with E-state index in [9.17, 15) is 5.11 Å². The molecule has 0 saturated heterocycles. The van der Waals surface area contributed by atoms with Gasteiger partial charge in [0.15, 0.2) is 0 Å². The average Bonchev–Trinajstić information content (AvgIpc) is 3.35. The highest BCUT2D eigenvalue weighted by Crippen LogP contribution is 2.40. The van der Waals surface area contributed by atoms with Crippen LogP contribution in [0.3, 0.4) is 0 Å². The first-order valence-corrected chi connectivity index (χ1v) is 13.6. The summed E-state index contributed by atoms with van der Waals surface area (Å²) < 4.78 is 2.26. The Hall–Kier alpha value is -0.460. The normalized spacial score (nSPS) is 12.4. The number of halogens is 2. The molecule has 1 aromatic carbocycles. The van der Waals surface area contributed by atoms with Crippen LogP contribution in [-0.4, -0.2) is 5.11 Å². The maximum Gasteiger partial charge on any atom is 0.0705 e. The summed E-state index contributed by atoms with van der Waals surface area (Å²) in [6.07, 6.45) is 7.47. The van der Waals surface area contributed by atoms with E-state index in [-0.39, 0.29) is 6.61 Å². The molecule has 0 aliphatic rings. The van der Waals surface area contributed by atoms with Gasteiger partial charge in [0.25, 0.3) is 0 Å². The van der Waals surface area contributed by atoms with Crippen LogP contribution in [-0.2, 0) is 13.0 Å². The molecule has 156 valence electrons. The fraction of sp³-hybridized carbons (Fsp3) is 0.417. The molecule has 0 fully saturated rings. The quantitative estimate of drug-likeness (QED) is 0.264. The maximum absolute atomic E-state index is 10.1. The Kier molecular flexibility index (Phi) is 9.00. The second-order valence-electron chi connectivity index (χ2n) is 7.49. The van der Waals surface area contributed by atoms with E-state index in [4.69, 9.17) is 0 Å². The number of unbranched alkanes of at least 4 members (excludes halogenated alkanes) is 1. The van der Waals surface area contributed by atoms with Crippen LogP contribution in [0.15, 0.2) is 44.0 Å². The highest BCUT2D eigenvalue weighted by molar-refractivity contribution is 9.11.